The summed E-state index contributed by atoms with van der Waals surface area (Å²) in [5.74, 6) is -0.668. The molecule has 0 unspecified atom stereocenters. The molecule has 0 N–H and O–H groups in total. The SMILES string of the molecule is [O-]C(=N[n+]1ccsc1)c1ccc(-c2ccc(OC(F)(F)F)cc2)cc1. The lowest BCUT2D eigenvalue weighted by molar-refractivity contribution is -0.676. The summed E-state index contributed by atoms with van der Waals surface area (Å²) in [6, 6.07) is 12.2. The normalized spacial score (nSPS) is 12.2. The molecule has 8 heteroatoms. The van der Waals surface area contributed by atoms with Crippen molar-refractivity contribution in [2.45, 2.75) is 6.36 Å². The van der Waals surface area contributed by atoms with Crippen molar-refractivity contribution in [2.24, 2.45) is 5.10 Å². The van der Waals surface area contributed by atoms with E-state index in [1.54, 1.807) is 41.4 Å². The van der Waals surface area contributed by atoms with E-state index in [9.17, 15) is 18.3 Å². The number of hydrogen-bond donors (Lipinski definition) is 0. The predicted molar refractivity (Wildman–Crippen MR) is 85.0 cm³/mol. The van der Waals surface area contributed by atoms with E-state index in [1.165, 1.54) is 40.3 Å². The average Bonchev–Trinajstić information content (AvgIpc) is 3.07. The summed E-state index contributed by atoms with van der Waals surface area (Å²) in [4.78, 5) is 0. The third-order valence-corrected chi connectivity index (χ3v) is 3.84. The first-order chi connectivity index (χ1) is 11.9. The molecule has 3 aromatic rings. The molecule has 1 aromatic heterocycles. The highest BCUT2D eigenvalue weighted by Crippen LogP contribution is 2.26. The maximum atomic E-state index is 12.2. The van der Waals surface area contributed by atoms with Gasteiger partial charge in [0.2, 0.25) is 6.20 Å². The molecule has 0 fully saturated rings. The number of hydrogen-bond acceptors (Lipinski definition) is 4. The Labute approximate surface area is 145 Å². The van der Waals surface area contributed by atoms with Crippen molar-refractivity contribution in [1.29, 1.82) is 0 Å². The highest BCUT2D eigenvalue weighted by atomic mass is 32.1. The van der Waals surface area contributed by atoms with Crippen molar-refractivity contribution in [2.75, 3.05) is 0 Å². The van der Waals surface area contributed by atoms with Crippen LogP contribution in [0.1, 0.15) is 5.56 Å². The lowest BCUT2D eigenvalue weighted by Gasteiger charge is -2.10. The summed E-state index contributed by atoms with van der Waals surface area (Å²) in [6.07, 6.45) is -3.05. The molecule has 0 atom stereocenters. The minimum absolute atomic E-state index is 0.283. The molecule has 0 bridgehead atoms. The number of halogens is 3. The second-order valence-electron chi connectivity index (χ2n) is 4.96. The first kappa shape index (κ1) is 17.0. The lowest BCUT2D eigenvalue weighted by Crippen LogP contribution is -2.31. The number of aromatic nitrogens is 1. The minimum Gasteiger partial charge on any atom is -0.854 e. The number of nitrogens with zero attached hydrogens (tertiary/aromatic N) is 2. The zero-order valence-corrected chi connectivity index (χ0v) is 13.4. The van der Waals surface area contributed by atoms with E-state index in [0.29, 0.717) is 11.1 Å². The molecular formula is C17H11F3N2O2S. The first-order valence-electron chi connectivity index (χ1n) is 7.07. The average molecular weight is 364 g/mol. The van der Waals surface area contributed by atoms with Crippen LogP contribution in [0.5, 0.6) is 5.75 Å². The van der Waals surface area contributed by atoms with E-state index in [-0.39, 0.29) is 11.6 Å². The van der Waals surface area contributed by atoms with E-state index in [2.05, 4.69) is 9.84 Å². The molecule has 4 nitrogen and oxygen atoms in total. The lowest BCUT2D eigenvalue weighted by atomic mass is 10.0. The van der Waals surface area contributed by atoms with Crippen molar-refractivity contribution in [3.05, 3.63) is 71.2 Å². The van der Waals surface area contributed by atoms with E-state index in [1.807, 2.05) is 0 Å². The van der Waals surface area contributed by atoms with Crippen molar-refractivity contribution in [3.8, 4) is 16.9 Å². The van der Waals surface area contributed by atoms with Crippen LogP contribution in [0.2, 0.25) is 0 Å². The van der Waals surface area contributed by atoms with E-state index in [4.69, 9.17) is 0 Å². The smallest absolute Gasteiger partial charge is 0.573 e. The second kappa shape index (κ2) is 6.94. The van der Waals surface area contributed by atoms with Crippen LogP contribution in [0.15, 0.2) is 70.7 Å². The molecule has 2 aromatic carbocycles. The summed E-state index contributed by atoms with van der Waals surface area (Å²) < 4.78 is 41.7. The summed E-state index contributed by atoms with van der Waals surface area (Å²) in [5, 5.41) is 17.7. The molecular weight excluding hydrogens is 353 g/mol. The van der Waals surface area contributed by atoms with E-state index >= 15 is 0 Å². The topological polar surface area (TPSA) is 48.5 Å². The number of benzene rings is 2. The zero-order valence-electron chi connectivity index (χ0n) is 12.6. The fourth-order valence-electron chi connectivity index (χ4n) is 2.10. The molecule has 1 heterocycles. The molecule has 0 radical (unpaired) electrons. The number of alkyl halides is 3. The number of thiazole rings is 1. The molecule has 25 heavy (non-hydrogen) atoms. The van der Waals surface area contributed by atoms with Crippen LogP contribution < -0.4 is 14.5 Å². The van der Waals surface area contributed by atoms with Crippen molar-refractivity contribution in [3.63, 3.8) is 0 Å². The van der Waals surface area contributed by atoms with Gasteiger partial charge in [-0.2, -0.15) is 0 Å². The van der Waals surface area contributed by atoms with Gasteiger partial charge in [-0.1, -0.05) is 47.7 Å². The molecule has 0 saturated carbocycles. The van der Waals surface area contributed by atoms with Gasteiger partial charge in [0, 0.05) is 0 Å². The zero-order chi connectivity index (χ0) is 17.9. The van der Waals surface area contributed by atoms with Gasteiger partial charge in [0.05, 0.1) is 11.3 Å². The third-order valence-electron chi connectivity index (χ3n) is 3.22. The van der Waals surface area contributed by atoms with Crippen molar-refractivity contribution >= 4 is 17.2 Å². The molecule has 0 saturated heterocycles. The predicted octanol–water partition coefficient (Wildman–Crippen LogP) is 3.17. The van der Waals surface area contributed by atoms with Gasteiger partial charge in [-0.25, -0.2) is 0 Å². The van der Waals surface area contributed by atoms with E-state index < -0.39 is 6.36 Å². The van der Waals surface area contributed by atoms with Crippen LogP contribution >= 0.6 is 11.3 Å². The quantitative estimate of drug-likeness (QED) is 0.406. The molecule has 0 aliphatic rings. The van der Waals surface area contributed by atoms with Gasteiger partial charge >= 0.3 is 6.36 Å². The molecule has 3 rings (SSSR count). The molecule has 128 valence electrons. The van der Waals surface area contributed by atoms with Gasteiger partial charge in [0.1, 0.15) is 5.75 Å². The van der Waals surface area contributed by atoms with Gasteiger partial charge < -0.3 is 9.84 Å². The Morgan fingerprint density at radius 3 is 2.12 bits per heavy atom. The summed E-state index contributed by atoms with van der Waals surface area (Å²) in [5.41, 5.74) is 3.58. The fourth-order valence-corrected chi connectivity index (χ4v) is 2.61. The largest absolute Gasteiger partial charge is 0.854 e. The van der Waals surface area contributed by atoms with Gasteiger partial charge in [-0.15, -0.1) is 13.2 Å². The Hall–Kier alpha value is -2.87. The number of ether oxygens (including phenoxy) is 1. The first-order valence-corrected chi connectivity index (χ1v) is 8.01. The summed E-state index contributed by atoms with van der Waals surface area (Å²) >= 11 is 1.42. The highest BCUT2D eigenvalue weighted by molar-refractivity contribution is 7.07. The van der Waals surface area contributed by atoms with Gasteiger partial charge in [-0.05, 0) is 38.6 Å². The van der Waals surface area contributed by atoms with Crippen LogP contribution in [-0.4, -0.2) is 12.3 Å². The Bertz CT molecular complexity index is 858. The van der Waals surface area contributed by atoms with Crippen molar-refractivity contribution < 1.29 is 27.7 Å². The van der Waals surface area contributed by atoms with Crippen molar-refractivity contribution in [1.82, 2.24) is 0 Å². The monoisotopic (exact) mass is 364 g/mol. The van der Waals surface area contributed by atoms with Crippen LogP contribution in [0, 0.1) is 0 Å². The molecule has 0 aliphatic heterocycles. The summed E-state index contributed by atoms with van der Waals surface area (Å²) in [7, 11) is 0. The van der Waals surface area contributed by atoms with Gasteiger partial charge in [-0.3, -0.25) is 0 Å². The van der Waals surface area contributed by atoms with Crippen LogP contribution in [-0.2, 0) is 0 Å². The Morgan fingerprint density at radius 1 is 1.00 bits per heavy atom. The molecule has 0 aliphatic carbocycles. The van der Waals surface area contributed by atoms with E-state index in [0.717, 1.165) is 5.56 Å². The Morgan fingerprint density at radius 2 is 1.60 bits per heavy atom. The fraction of sp³-hybridized carbons (Fsp3) is 0.0588. The van der Waals surface area contributed by atoms with Crippen LogP contribution in [0.3, 0.4) is 0 Å². The van der Waals surface area contributed by atoms with Gasteiger partial charge in [0.25, 0.3) is 5.51 Å². The van der Waals surface area contributed by atoms with Crippen LogP contribution in [0.25, 0.3) is 11.1 Å². The van der Waals surface area contributed by atoms with Gasteiger partial charge in [0.15, 0.2) is 0 Å². The number of rotatable bonds is 4. The summed E-state index contributed by atoms with van der Waals surface area (Å²) in [6.45, 7) is 0. The maximum Gasteiger partial charge on any atom is 0.573 e. The minimum atomic E-state index is -4.71. The van der Waals surface area contributed by atoms with Crippen LogP contribution in [0.4, 0.5) is 13.2 Å². The Kier molecular flexibility index (Phi) is 4.71. The highest BCUT2D eigenvalue weighted by Gasteiger charge is 2.30. The third kappa shape index (κ3) is 4.57. The molecule has 0 spiro atoms. The molecule has 0 amide bonds. The Balaban J connectivity index is 1.76. The maximum absolute atomic E-state index is 12.2. The standard InChI is InChI=1S/C17H11F3N2O2S/c18-17(19,20)24-15-7-5-13(6-8-15)12-1-3-14(4-2-12)16(23)21-22-9-10-25-11-22/h1-11H. The second-order valence-corrected chi connectivity index (χ2v) is 5.72.